The Morgan fingerprint density at radius 2 is 2.00 bits per heavy atom. The van der Waals surface area contributed by atoms with Gasteiger partial charge in [-0.05, 0) is 49.3 Å². The zero-order valence-electron chi connectivity index (χ0n) is 9.83. The number of rotatable bonds is 1. The van der Waals surface area contributed by atoms with Gasteiger partial charge in [0.1, 0.15) is 6.23 Å². The Kier molecular flexibility index (Phi) is 2.70. The van der Waals surface area contributed by atoms with Crippen LogP contribution in [0, 0.1) is 0 Å². The maximum Gasteiger partial charge on any atom is 0.106 e. The Bertz CT molecular complexity index is 388. The Labute approximate surface area is 97.0 Å². The van der Waals surface area contributed by atoms with Crippen molar-refractivity contribution in [3.05, 3.63) is 34.9 Å². The average molecular weight is 217 g/mol. The molecule has 0 bridgehead atoms. The molecule has 2 aliphatic rings. The van der Waals surface area contributed by atoms with Crippen LogP contribution >= 0.6 is 0 Å². The minimum absolute atomic E-state index is 0.195. The molecule has 1 aromatic carbocycles. The van der Waals surface area contributed by atoms with Crippen LogP contribution in [0.5, 0.6) is 0 Å². The molecule has 2 atom stereocenters. The quantitative estimate of drug-likeness (QED) is 0.780. The van der Waals surface area contributed by atoms with Gasteiger partial charge in [-0.3, -0.25) is 5.32 Å². The number of aryl methyl sites for hydroxylation is 2. The van der Waals surface area contributed by atoms with Crippen molar-refractivity contribution in [2.24, 2.45) is 0 Å². The van der Waals surface area contributed by atoms with E-state index in [4.69, 9.17) is 4.74 Å². The van der Waals surface area contributed by atoms with Crippen LogP contribution in [0.15, 0.2) is 18.2 Å². The van der Waals surface area contributed by atoms with E-state index in [1.54, 1.807) is 11.1 Å². The topological polar surface area (TPSA) is 21.3 Å². The predicted octanol–water partition coefficient (Wildman–Crippen LogP) is 2.57. The molecule has 0 aromatic heterocycles. The van der Waals surface area contributed by atoms with Crippen LogP contribution in [0.4, 0.5) is 0 Å². The van der Waals surface area contributed by atoms with Crippen LogP contribution in [0.3, 0.4) is 0 Å². The van der Waals surface area contributed by atoms with Gasteiger partial charge in [-0.1, -0.05) is 18.2 Å². The molecule has 16 heavy (non-hydrogen) atoms. The molecule has 1 aliphatic carbocycles. The summed E-state index contributed by atoms with van der Waals surface area (Å²) in [7, 11) is 0. The lowest BCUT2D eigenvalue weighted by atomic mass is 9.89. The van der Waals surface area contributed by atoms with Crippen molar-refractivity contribution >= 4 is 0 Å². The van der Waals surface area contributed by atoms with Crippen molar-refractivity contribution in [3.8, 4) is 0 Å². The molecular weight excluding hydrogens is 198 g/mol. The van der Waals surface area contributed by atoms with E-state index < -0.39 is 0 Å². The fraction of sp³-hybridized carbons (Fsp3) is 0.571. The van der Waals surface area contributed by atoms with Crippen LogP contribution in [0.25, 0.3) is 0 Å². The van der Waals surface area contributed by atoms with Crippen LogP contribution in [0.1, 0.15) is 42.6 Å². The average Bonchev–Trinajstić information content (AvgIpc) is 2.75. The van der Waals surface area contributed by atoms with Gasteiger partial charge in [0, 0.05) is 6.54 Å². The number of hydrogen-bond acceptors (Lipinski definition) is 2. The van der Waals surface area contributed by atoms with Gasteiger partial charge >= 0.3 is 0 Å². The first kappa shape index (κ1) is 10.3. The maximum atomic E-state index is 5.83. The van der Waals surface area contributed by atoms with Crippen LogP contribution < -0.4 is 5.32 Å². The van der Waals surface area contributed by atoms with Gasteiger partial charge < -0.3 is 4.74 Å². The summed E-state index contributed by atoms with van der Waals surface area (Å²) >= 11 is 0. The fourth-order valence-electron chi connectivity index (χ4n) is 2.77. The summed E-state index contributed by atoms with van der Waals surface area (Å²) in [5.41, 5.74) is 4.44. The highest BCUT2D eigenvalue weighted by atomic mass is 16.5. The monoisotopic (exact) mass is 217 g/mol. The van der Waals surface area contributed by atoms with E-state index in [0.29, 0.717) is 0 Å². The minimum Gasteiger partial charge on any atom is -0.354 e. The number of nitrogens with one attached hydrogen (secondary N) is 1. The maximum absolute atomic E-state index is 5.83. The van der Waals surface area contributed by atoms with Gasteiger partial charge in [-0.2, -0.15) is 0 Å². The summed E-state index contributed by atoms with van der Waals surface area (Å²) in [5.74, 6) is 0. The normalized spacial score (nSPS) is 29.1. The molecule has 1 heterocycles. The third-order valence-corrected chi connectivity index (χ3v) is 3.70. The van der Waals surface area contributed by atoms with Crippen molar-refractivity contribution in [3.63, 3.8) is 0 Å². The van der Waals surface area contributed by atoms with Crippen molar-refractivity contribution in [1.82, 2.24) is 5.32 Å². The Balaban J connectivity index is 1.85. The Morgan fingerprint density at radius 1 is 1.19 bits per heavy atom. The molecule has 0 saturated carbocycles. The third kappa shape index (κ3) is 1.87. The molecule has 0 amide bonds. The zero-order chi connectivity index (χ0) is 11.0. The summed E-state index contributed by atoms with van der Waals surface area (Å²) in [6, 6.07) is 6.91. The summed E-state index contributed by atoms with van der Waals surface area (Å²) in [6.07, 6.45) is 5.65. The van der Waals surface area contributed by atoms with Crippen molar-refractivity contribution in [1.29, 1.82) is 0 Å². The van der Waals surface area contributed by atoms with E-state index >= 15 is 0 Å². The molecule has 1 saturated heterocycles. The first-order valence-electron chi connectivity index (χ1n) is 6.33. The third-order valence-electron chi connectivity index (χ3n) is 3.70. The number of hydrogen-bond donors (Lipinski definition) is 1. The largest absolute Gasteiger partial charge is 0.354 e. The lowest BCUT2D eigenvalue weighted by Gasteiger charge is -2.18. The van der Waals surface area contributed by atoms with E-state index in [9.17, 15) is 0 Å². The highest BCUT2D eigenvalue weighted by Crippen LogP contribution is 2.28. The van der Waals surface area contributed by atoms with Crippen LogP contribution in [-0.2, 0) is 17.6 Å². The summed E-state index contributed by atoms with van der Waals surface area (Å²) in [5, 5.41) is 3.33. The SMILES string of the molecule is CC1NCC(c2ccc3c(c2)CCCC3)O1. The second-order valence-corrected chi connectivity index (χ2v) is 4.91. The zero-order valence-corrected chi connectivity index (χ0v) is 9.83. The smallest absolute Gasteiger partial charge is 0.106 e. The lowest BCUT2D eigenvalue weighted by molar-refractivity contribution is 0.0529. The van der Waals surface area contributed by atoms with E-state index in [0.717, 1.165) is 6.54 Å². The van der Waals surface area contributed by atoms with E-state index in [2.05, 4.69) is 30.4 Å². The second-order valence-electron chi connectivity index (χ2n) is 4.91. The van der Waals surface area contributed by atoms with Crippen LogP contribution in [-0.4, -0.2) is 12.8 Å². The highest BCUT2D eigenvalue weighted by Gasteiger charge is 2.23. The van der Waals surface area contributed by atoms with E-state index in [1.165, 1.54) is 31.2 Å². The molecule has 1 N–H and O–H groups in total. The predicted molar refractivity (Wildman–Crippen MR) is 64.4 cm³/mol. The van der Waals surface area contributed by atoms with Gasteiger partial charge in [0.05, 0.1) is 6.10 Å². The molecule has 1 aromatic rings. The molecule has 3 rings (SSSR count). The summed E-state index contributed by atoms with van der Waals surface area (Å²) in [6.45, 7) is 3.01. The van der Waals surface area contributed by atoms with Gasteiger partial charge in [0.2, 0.25) is 0 Å². The lowest BCUT2D eigenvalue weighted by Crippen LogP contribution is -2.17. The van der Waals surface area contributed by atoms with Gasteiger partial charge in [0.25, 0.3) is 0 Å². The number of benzene rings is 1. The molecule has 2 heteroatoms. The molecule has 0 radical (unpaired) electrons. The molecule has 86 valence electrons. The minimum atomic E-state index is 0.195. The summed E-state index contributed by atoms with van der Waals surface area (Å²) in [4.78, 5) is 0. The number of fused-ring (bicyclic) bond motifs is 1. The van der Waals surface area contributed by atoms with E-state index in [-0.39, 0.29) is 12.3 Å². The molecule has 2 nitrogen and oxygen atoms in total. The van der Waals surface area contributed by atoms with Crippen molar-refractivity contribution < 1.29 is 4.74 Å². The molecule has 2 unspecified atom stereocenters. The van der Waals surface area contributed by atoms with E-state index in [1.807, 2.05) is 0 Å². The molecule has 1 aliphatic heterocycles. The summed E-state index contributed by atoms with van der Waals surface area (Å²) < 4.78 is 5.83. The van der Waals surface area contributed by atoms with Crippen LogP contribution in [0.2, 0.25) is 0 Å². The number of ether oxygens (including phenoxy) is 1. The Morgan fingerprint density at radius 3 is 2.75 bits per heavy atom. The van der Waals surface area contributed by atoms with Crippen molar-refractivity contribution in [2.75, 3.05) is 6.54 Å². The highest BCUT2D eigenvalue weighted by molar-refractivity contribution is 5.35. The first-order chi connectivity index (χ1) is 7.83. The second kappa shape index (κ2) is 4.19. The fourth-order valence-corrected chi connectivity index (χ4v) is 2.77. The Hall–Kier alpha value is -0.860. The molecular formula is C14H19NO. The van der Waals surface area contributed by atoms with Gasteiger partial charge in [0.15, 0.2) is 0 Å². The van der Waals surface area contributed by atoms with Gasteiger partial charge in [-0.15, -0.1) is 0 Å². The standard InChI is InChI=1S/C14H19NO/c1-10-15-9-14(16-10)13-7-6-11-4-2-3-5-12(11)8-13/h6-8,10,14-15H,2-5,9H2,1H3. The molecule has 0 spiro atoms. The first-order valence-corrected chi connectivity index (χ1v) is 6.33. The van der Waals surface area contributed by atoms with Crippen molar-refractivity contribution in [2.45, 2.75) is 44.9 Å². The molecule has 1 fully saturated rings. The van der Waals surface area contributed by atoms with Gasteiger partial charge in [-0.25, -0.2) is 0 Å².